The molecule has 0 aromatic heterocycles. The van der Waals surface area contributed by atoms with Gasteiger partial charge in [-0.2, -0.15) is 0 Å². The molecule has 0 radical (unpaired) electrons. The smallest absolute Gasteiger partial charge is 0.229 e. The van der Waals surface area contributed by atoms with Crippen molar-refractivity contribution in [2.75, 3.05) is 11.9 Å². The highest BCUT2D eigenvalue weighted by atomic mass is 79.9. The number of carbonyl (C=O) groups excluding carboxylic acids is 1. The predicted octanol–water partition coefficient (Wildman–Crippen LogP) is 3.38. The fraction of sp³-hybridized carbons (Fsp3) is 0.417. The summed E-state index contributed by atoms with van der Waals surface area (Å²) in [6.07, 6.45) is 0. The Bertz CT molecular complexity index is 407. The number of hydrogen-bond acceptors (Lipinski definition) is 2. The van der Waals surface area contributed by atoms with Crippen molar-refractivity contribution in [3.8, 4) is 0 Å². The summed E-state index contributed by atoms with van der Waals surface area (Å²) in [7, 11) is 0. The van der Waals surface area contributed by atoms with E-state index in [9.17, 15) is 4.79 Å². The topological polar surface area (TPSA) is 55.1 Å². The van der Waals surface area contributed by atoms with Gasteiger partial charge in [-0.05, 0) is 40.0 Å². The molecule has 94 valence electrons. The Morgan fingerprint density at radius 3 is 2.53 bits per heavy atom. The van der Waals surface area contributed by atoms with Crippen LogP contribution in [0, 0.1) is 11.8 Å². The third kappa shape index (κ3) is 4.08. The zero-order valence-corrected chi connectivity index (χ0v) is 13.0. The van der Waals surface area contributed by atoms with Crippen molar-refractivity contribution in [2.24, 2.45) is 17.6 Å². The summed E-state index contributed by atoms with van der Waals surface area (Å²) in [5.74, 6) is 0.0327. The highest BCUT2D eigenvalue weighted by molar-refractivity contribution is 9.11. The Hall–Kier alpha value is -0.390. The molecule has 0 spiro atoms. The Kier molecular flexibility index (Phi) is 5.62. The molecule has 17 heavy (non-hydrogen) atoms. The van der Waals surface area contributed by atoms with E-state index in [1.165, 1.54) is 0 Å². The van der Waals surface area contributed by atoms with Crippen LogP contribution in [0.2, 0.25) is 0 Å². The number of rotatable bonds is 4. The Labute approximate surface area is 118 Å². The molecular formula is C12H16Br2N2O. The van der Waals surface area contributed by atoms with Crippen molar-refractivity contribution in [1.82, 2.24) is 0 Å². The van der Waals surface area contributed by atoms with Gasteiger partial charge < -0.3 is 11.1 Å². The number of benzene rings is 1. The van der Waals surface area contributed by atoms with Gasteiger partial charge in [0.15, 0.2) is 0 Å². The van der Waals surface area contributed by atoms with E-state index >= 15 is 0 Å². The Balaban J connectivity index is 2.80. The summed E-state index contributed by atoms with van der Waals surface area (Å²) in [6.45, 7) is 4.35. The molecule has 0 bridgehead atoms. The lowest BCUT2D eigenvalue weighted by Crippen LogP contribution is -2.33. The SMILES string of the molecule is CC(C)C(CN)C(=O)Nc1ccc(Br)cc1Br. The van der Waals surface area contributed by atoms with Crippen molar-refractivity contribution in [3.63, 3.8) is 0 Å². The van der Waals surface area contributed by atoms with Crippen molar-refractivity contribution < 1.29 is 4.79 Å². The lowest BCUT2D eigenvalue weighted by Gasteiger charge is -2.18. The monoisotopic (exact) mass is 362 g/mol. The van der Waals surface area contributed by atoms with Crippen LogP contribution in [0.25, 0.3) is 0 Å². The van der Waals surface area contributed by atoms with Crippen LogP contribution in [0.1, 0.15) is 13.8 Å². The number of halogens is 2. The van der Waals surface area contributed by atoms with Crippen LogP contribution >= 0.6 is 31.9 Å². The molecule has 0 saturated carbocycles. The highest BCUT2D eigenvalue weighted by Gasteiger charge is 2.20. The first kappa shape index (κ1) is 14.7. The molecule has 1 aromatic rings. The second-order valence-electron chi connectivity index (χ2n) is 4.20. The molecule has 0 saturated heterocycles. The molecule has 0 heterocycles. The van der Waals surface area contributed by atoms with E-state index in [2.05, 4.69) is 37.2 Å². The lowest BCUT2D eigenvalue weighted by molar-refractivity contribution is -0.120. The van der Waals surface area contributed by atoms with Crippen molar-refractivity contribution >= 4 is 43.5 Å². The average molecular weight is 364 g/mol. The van der Waals surface area contributed by atoms with Crippen LogP contribution in [-0.2, 0) is 4.79 Å². The first-order valence-electron chi connectivity index (χ1n) is 5.41. The van der Waals surface area contributed by atoms with E-state index in [0.29, 0.717) is 6.54 Å². The van der Waals surface area contributed by atoms with E-state index < -0.39 is 0 Å². The third-order valence-electron chi connectivity index (χ3n) is 2.58. The zero-order chi connectivity index (χ0) is 13.0. The van der Waals surface area contributed by atoms with Crippen molar-refractivity contribution in [1.29, 1.82) is 0 Å². The van der Waals surface area contributed by atoms with Gasteiger partial charge in [0.1, 0.15) is 0 Å². The molecular weight excluding hydrogens is 348 g/mol. The van der Waals surface area contributed by atoms with Gasteiger partial charge in [0.2, 0.25) is 5.91 Å². The van der Waals surface area contributed by atoms with Gasteiger partial charge >= 0.3 is 0 Å². The first-order valence-corrected chi connectivity index (χ1v) is 7.00. The fourth-order valence-corrected chi connectivity index (χ4v) is 2.64. The normalized spacial score (nSPS) is 12.6. The summed E-state index contributed by atoms with van der Waals surface area (Å²) >= 11 is 6.77. The Morgan fingerprint density at radius 2 is 2.06 bits per heavy atom. The second kappa shape index (κ2) is 6.52. The first-order chi connectivity index (χ1) is 7.95. The molecule has 3 nitrogen and oxygen atoms in total. The maximum absolute atomic E-state index is 12.0. The summed E-state index contributed by atoms with van der Waals surface area (Å²) in [6, 6.07) is 5.62. The lowest BCUT2D eigenvalue weighted by atomic mass is 9.95. The van der Waals surface area contributed by atoms with E-state index in [4.69, 9.17) is 5.73 Å². The van der Waals surface area contributed by atoms with Crippen LogP contribution in [0.15, 0.2) is 27.1 Å². The molecule has 0 aliphatic carbocycles. The molecule has 3 N–H and O–H groups in total. The number of nitrogens with one attached hydrogen (secondary N) is 1. The minimum Gasteiger partial charge on any atom is -0.330 e. The van der Waals surface area contributed by atoms with Gasteiger partial charge in [0, 0.05) is 15.5 Å². The van der Waals surface area contributed by atoms with Crippen molar-refractivity contribution in [3.05, 3.63) is 27.1 Å². The predicted molar refractivity (Wildman–Crippen MR) is 77.9 cm³/mol. The van der Waals surface area contributed by atoms with Gasteiger partial charge in [0.05, 0.1) is 11.6 Å². The second-order valence-corrected chi connectivity index (χ2v) is 5.97. The summed E-state index contributed by atoms with van der Waals surface area (Å²) in [4.78, 5) is 12.0. The number of anilines is 1. The minimum atomic E-state index is -0.162. The maximum Gasteiger partial charge on any atom is 0.229 e. The molecule has 1 aromatic carbocycles. The largest absolute Gasteiger partial charge is 0.330 e. The molecule has 0 aliphatic heterocycles. The molecule has 1 unspecified atom stereocenters. The van der Waals surface area contributed by atoms with Crippen LogP contribution in [0.5, 0.6) is 0 Å². The molecule has 5 heteroatoms. The maximum atomic E-state index is 12.0. The van der Waals surface area contributed by atoms with Gasteiger partial charge in [0.25, 0.3) is 0 Å². The minimum absolute atomic E-state index is 0.0366. The number of nitrogens with two attached hydrogens (primary N) is 1. The molecule has 1 amide bonds. The molecule has 0 fully saturated rings. The van der Waals surface area contributed by atoms with Gasteiger partial charge in [-0.3, -0.25) is 4.79 Å². The third-order valence-corrected chi connectivity index (χ3v) is 3.73. The standard InChI is InChI=1S/C12H16Br2N2O/c1-7(2)9(6-15)12(17)16-11-4-3-8(13)5-10(11)14/h3-5,7,9H,6,15H2,1-2H3,(H,16,17). The number of amides is 1. The van der Waals surface area contributed by atoms with Crippen LogP contribution < -0.4 is 11.1 Å². The van der Waals surface area contributed by atoms with E-state index in [1.807, 2.05) is 32.0 Å². The van der Waals surface area contributed by atoms with E-state index in [0.717, 1.165) is 14.6 Å². The number of hydrogen-bond donors (Lipinski definition) is 2. The Morgan fingerprint density at radius 1 is 1.41 bits per heavy atom. The number of carbonyl (C=O) groups is 1. The van der Waals surface area contributed by atoms with Crippen LogP contribution in [0.4, 0.5) is 5.69 Å². The molecule has 0 aliphatic rings. The highest BCUT2D eigenvalue weighted by Crippen LogP contribution is 2.27. The summed E-state index contributed by atoms with van der Waals surface area (Å²) in [5, 5.41) is 2.88. The average Bonchev–Trinajstić information content (AvgIpc) is 2.22. The molecule has 1 rings (SSSR count). The zero-order valence-electron chi connectivity index (χ0n) is 9.84. The summed E-state index contributed by atoms with van der Waals surface area (Å²) in [5.41, 5.74) is 6.37. The van der Waals surface area contributed by atoms with Crippen LogP contribution in [-0.4, -0.2) is 12.5 Å². The van der Waals surface area contributed by atoms with E-state index in [1.54, 1.807) is 0 Å². The van der Waals surface area contributed by atoms with Gasteiger partial charge in [-0.15, -0.1) is 0 Å². The quantitative estimate of drug-likeness (QED) is 0.861. The fourth-order valence-electron chi connectivity index (χ4n) is 1.50. The van der Waals surface area contributed by atoms with Gasteiger partial charge in [-0.1, -0.05) is 29.8 Å². The summed E-state index contributed by atoms with van der Waals surface area (Å²) < 4.78 is 1.81. The van der Waals surface area contributed by atoms with Gasteiger partial charge in [-0.25, -0.2) is 0 Å². The van der Waals surface area contributed by atoms with E-state index in [-0.39, 0.29) is 17.7 Å². The molecule has 1 atom stereocenters. The van der Waals surface area contributed by atoms with Crippen LogP contribution in [0.3, 0.4) is 0 Å². The van der Waals surface area contributed by atoms with Crippen molar-refractivity contribution in [2.45, 2.75) is 13.8 Å².